The van der Waals surface area contributed by atoms with Crippen molar-refractivity contribution in [1.29, 1.82) is 0 Å². The van der Waals surface area contributed by atoms with Gasteiger partial charge in [-0.2, -0.15) is 0 Å². The van der Waals surface area contributed by atoms with Crippen LogP contribution in [0.25, 0.3) is 0 Å². The molecule has 2 aromatic carbocycles. The molecule has 0 bridgehead atoms. The molecule has 0 aromatic heterocycles. The monoisotopic (exact) mass is 572 g/mol. The maximum atomic E-state index is 12.8. The van der Waals surface area contributed by atoms with Gasteiger partial charge in [0.1, 0.15) is 11.8 Å². The van der Waals surface area contributed by atoms with E-state index in [4.69, 9.17) is 11.6 Å². The number of hydrogen-bond acceptors (Lipinski definition) is 6. The molecule has 40 heavy (non-hydrogen) atoms. The summed E-state index contributed by atoms with van der Waals surface area (Å²) < 4.78 is 0. The van der Waals surface area contributed by atoms with Crippen molar-refractivity contribution >= 4 is 41.2 Å². The number of benzene rings is 2. The highest BCUT2D eigenvalue weighted by Crippen LogP contribution is 2.20. The third-order valence-corrected chi connectivity index (χ3v) is 7.01. The first-order chi connectivity index (χ1) is 19.1. The molecule has 1 saturated heterocycles. The number of carbonyl (C=O) groups is 5. The summed E-state index contributed by atoms with van der Waals surface area (Å²) in [6, 6.07) is 9.19. The van der Waals surface area contributed by atoms with Gasteiger partial charge in [0.15, 0.2) is 0 Å². The fourth-order valence-corrected chi connectivity index (χ4v) is 4.65. The zero-order valence-electron chi connectivity index (χ0n) is 22.1. The molecular formula is C28H33ClN4O7. The van der Waals surface area contributed by atoms with Crippen LogP contribution in [-0.4, -0.2) is 70.4 Å². The van der Waals surface area contributed by atoms with Crippen LogP contribution >= 0.6 is 11.6 Å². The van der Waals surface area contributed by atoms with Gasteiger partial charge in [0.25, 0.3) is 11.8 Å². The molecule has 0 unspecified atom stereocenters. The van der Waals surface area contributed by atoms with E-state index >= 15 is 0 Å². The van der Waals surface area contributed by atoms with E-state index in [0.29, 0.717) is 37.9 Å². The average molecular weight is 573 g/mol. The fourth-order valence-electron chi connectivity index (χ4n) is 4.38. The molecule has 5 N–H and O–H groups in total. The van der Waals surface area contributed by atoms with Crippen LogP contribution in [0.2, 0.25) is 5.02 Å². The first kappa shape index (κ1) is 30.4. The van der Waals surface area contributed by atoms with E-state index in [1.165, 1.54) is 30.3 Å². The number of halogens is 1. The predicted molar refractivity (Wildman–Crippen MR) is 147 cm³/mol. The lowest BCUT2D eigenvalue weighted by molar-refractivity contribution is -0.139. The number of amides is 4. The summed E-state index contributed by atoms with van der Waals surface area (Å²) in [5.41, 5.74) is 0.888. The molecular weight excluding hydrogens is 540 g/mol. The summed E-state index contributed by atoms with van der Waals surface area (Å²) in [6.45, 7) is 3.02. The third kappa shape index (κ3) is 8.44. The van der Waals surface area contributed by atoms with Crippen LogP contribution in [0.4, 0.5) is 0 Å². The van der Waals surface area contributed by atoms with Crippen molar-refractivity contribution in [3.05, 3.63) is 64.2 Å². The summed E-state index contributed by atoms with van der Waals surface area (Å²) in [5, 5.41) is 26.9. The number of aromatic hydroxyl groups is 1. The highest BCUT2D eigenvalue weighted by atomic mass is 35.5. The molecule has 1 aliphatic rings. The van der Waals surface area contributed by atoms with Gasteiger partial charge in [0.2, 0.25) is 11.8 Å². The Labute approximate surface area is 236 Å². The van der Waals surface area contributed by atoms with E-state index in [2.05, 4.69) is 16.0 Å². The summed E-state index contributed by atoms with van der Waals surface area (Å²) in [7, 11) is 0. The van der Waals surface area contributed by atoms with Crippen LogP contribution in [-0.2, 0) is 20.9 Å². The Morgan fingerprint density at radius 3 is 2.38 bits per heavy atom. The van der Waals surface area contributed by atoms with Gasteiger partial charge in [0, 0.05) is 44.1 Å². The smallest absolute Gasteiger partial charge is 0.326 e. The number of phenols is 1. The zero-order valence-corrected chi connectivity index (χ0v) is 22.9. The first-order valence-corrected chi connectivity index (χ1v) is 13.4. The number of carboxylic acid groups (broad SMARTS) is 1. The van der Waals surface area contributed by atoms with Crippen molar-refractivity contribution in [3.63, 3.8) is 0 Å². The predicted octanol–water partition coefficient (Wildman–Crippen LogP) is 2.31. The highest BCUT2D eigenvalue weighted by molar-refractivity contribution is 6.34. The minimum absolute atomic E-state index is 0.00475. The summed E-state index contributed by atoms with van der Waals surface area (Å²) in [5.74, 6) is -2.78. The molecule has 1 aliphatic heterocycles. The van der Waals surface area contributed by atoms with E-state index < -0.39 is 23.8 Å². The van der Waals surface area contributed by atoms with Crippen LogP contribution in [0, 0.1) is 5.92 Å². The van der Waals surface area contributed by atoms with Crippen molar-refractivity contribution < 1.29 is 34.2 Å². The number of hydrogen-bond donors (Lipinski definition) is 5. The first-order valence-electron chi connectivity index (χ1n) is 13.0. The van der Waals surface area contributed by atoms with Crippen molar-refractivity contribution in [2.24, 2.45) is 5.92 Å². The Morgan fingerprint density at radius 1 is 1.02 bits per heavy atom. The Balaban J connectivity index is 1.49. The molecule has 3 rings (SSSR count). The molecule has 0 spiro atoms. The van der Waals surface area contributed by atoms with Crippen molar-refractivity contribution in [3.8, 4) is 5.75 Å². The molecule has 0 aliphatic carbocycles. The molecule has 11 nitrogen and oxygen atoms in total. The maximum Gasteiger partial charge on any atom is 0.326 e. The lowest BCUT2D eigenvalue weighted by atomic mass is 9.95. The number of phenolic OH excluding ortho intramolecular Hbond substituents is 1. The van der Waals surface area contributed by atoms with E-state index in [1.54, 1.807) is 24.0 Å². The number of rotatable bonds is 11. The van der Waals surface area contributed by atoms with E-state index in [0.717, 1.165) is 0 Å². The molecule has 0 radical (unpaired) electrons. The quantitative estimate of drug-likeness (QED) is 0.275. The highest BCUT2D eigenvalue weighted by Gasteiger charge is 2.27. The molecule has 12 heteroatoms. The Bertz CT molecular complexity index is 1260. The Kier molecular flexibility index (Phi) is 10.9. The fraction of sp³-hybridized carbons (Fsp3) is 0.393. The number of carbonyl (C=O) groups excluding carboxylic acids is 4. The minimum Gasteiger partial charge on any atom is -0.508 e. The van der Waals surface area contributed by atoms with Gasteiger partial charge < -0.3 is 31.1 Å². The molecule has 0 saturated carbocycles. The van der Waals surface area contributed by atoms with Gasteiger partial charge >= 0.3 is 5.97 Å². The Morgan fingerprint density at radius 2 is 1.75 bits per heavy atom. The number of aliphatic carboxylic acids is 1. The second-order valence-electron chi connectivity index (χ2n) is 9.50. The second-order valence-corrected chi connectivity index (χ2v) is 9.91. The second kappa shape index (κ2) is 14.3. The standard InChI is InChI=1S/C28H33ClN4O7/c1-2-24(35)33-12-9-18(10-13-33)25(36)30-11-8-23(28(39)40)32-27(38)21-7-6-19(15-22(21)29)26(37)31-16-17-4-3-5-20(34)14-17/h3-7,14-15,18,23,34H,2,8-13,16H2,1H3,(H,30,36)(H,31,37)(H,32,38)(H,39,40)/t23-/m0/s1. The summed E-state index contributed by atoms with van der Waals surface area (Å²) in [6.07, 6.45) is 1.45. The van der Waals surface area contributed by atoms with Crippen molar-refractivity contribution in [2.45, 2.75) is 45.2 Å². The molecule has 1 atom stereocenters. The lowest BCUT2D eigenvalue weighted by Gasteiger charge is -2.31. The van der Waals surface area contributed by atoms with Crippen LogP contribution < -0.4 is 16.0 Å². The van der Waals surface area contributed by atoms with Gasteiger partial charge in [0.05, 0.1) is 10.6 Å². The number of likely N-dealkylation sites (tertiary alicyclic amines) is 1. The summed E-state index contributed by atoms with van der Waals surface area (Å²) in [4.78, 5) is 63.0. The van der Waals surface area contributed by atoms with Gasteiger partial charge in [-0.3, -0.25) is 19.2 Å². The van der Waals surface area contributed by atoms with Crippen molar-refractivity contribution in [2.75, 3.05) is 19.6 Å². The number of piperidine rings is 1. The van der Waals surface area contributed by atoms with E-state index in [-0.39, 0.29) is 59.1 Å². The molecule has 4 amide bonds. The summed E-state index contributed by atoms with van der Waals surface area (Å²) >= 11 is 6.24. The van der Waals surface area contributed by atoms with Gasteiger partial charge in [-0.15, -0.1) is 0 Å². The van der Waals surface area contributed by atoms with Gasteiger partial charge in [-0.05, 0) is 55.2 Å². The number of carboxylic acids is 1. The van der Waals surface area contributed by atoms with Crippen LogP contribution in [0.1, 0.15) is 58.9 Å². The minimum atomic E-state index is -1.28. The van der Waals surface area contributed by atoms with E-state index in [9.17, 15) is 34.2 Å². The van der Waals surface area contributed by atoms with Gasteiger partial charge in [-0.25, -0.2) is 4.79 Å². The van der Waals surface area contributed by atoms with Crippen LogP contribution in [0.5, 0.6) is 5.75 Å². The largest absolute Gasteiger partial charge is 0.508 e. The number of nitrogens with zero attached hydrogens (tertiary/aromatic N) is 1. The van der Waals surface area contributed by atoms with Crippen molar-refractivity contribution in [1.82, 2.24) is 20.9 Å². The maximum absolute atomic E-state index is 12.8. The topological polar surface area (TPSA) is 165 Å². The molecule has 214 valence electrons. The lowest BCUT2D eigenvalue weighted by Crippen LogP contribution is -2.45. The zero-order chi connectivity index (χ0) is 29.2. The SMILES string of the molecule is CCC(=O)N1CCC(C(=O)NCC[C@H](NC(=O)c2ccc(C(=O)NCc3cccc(O)c3)cc2Cl)C(=O)O)CC1. The molecule has 1 fully saturated rings. The average Bonchev–Trinajstić information content (AvgIpc) is 2.94. The van der Waals surface area contributed by atoms with Crippen LogP contribution in [0.15, 0.2) is 42.5 Å². The van der Waals surface area contributed by atoms with Crippen LogP contribution in [0.3, 0.4) is 0 Å². The normalized spacial score (nSPS) is 14.2. The Hall–Kier alpha value is -4.12. The third-order valence-electron chi connectivity index (χ3n) is 6.70. The number of nitrogens with one attached hydrogen (secondary N) is 3. The molecule has 1 heterocycles. The van der Waals surface area contributed by atoms with E-state index in [1.807, 2.05) is 0 Å². The molecule has 2 aromatic rings. The van der Waals surface area contributed by atoms with Gasteiger partial charge in [-0.1, -0.05) is 30.7 Å².